The monoisotopic (exact) mass is 304 g/mol. The predicted octanol–water partition coefficient (Wildman–Crippen LogP) is 1.08. The number of carbonyl (C=O) groups is 2. The Bertz CT molecular complexity index is 601. The summed E-state index contributed by atoms with van der Waals surface area (Å²) in [7, 11) is 0. The fourth-order valence-corrected chi connectivity index (χ4v) is 1.79. The second-order valence-electron chi connectivity index (χ2n) is 4.41. The predicted molar refractivity (Wildman–Crippen MR) is 77.5 cm³/mol. The van der Waals surface area contributed by atoms with E-state index in [1.54, 1.807) is 12.1 Å². The second-order valence-corrected chi connectivity index (χ2v) is 4.41. The van der Waals surface area contributed by atoms with Crippen molar-refractivity contribution in [1.82, 2.24) is 15.2 Å². The van der Waals surface area contributed by atoms with E-state index in [9.17, 15) is 9.59 Å². The molecule has 0 aliphatic heterocycles. The summed E-state index contributed by atoms with van der Waals surface area (Å²) < 4.78 is 5.46. The van der Waals surface area contributed by atoms with E-state index in [1.807, 2.05) is 18.2 Å². The molecule has 0 unspecified atom stereocenters. The van der Waals surface area contributed by atoms with Crippen molar-refractivity contribution >= 4 is 17.8 Å². The van der Waals surface area contributed by atoms with Crippen LogP contribution >= 0.6 is 0 Å². The van der Waals surface area contributed by atoms with E-state index in [2.05, 4.69) is 15.2 Å². The number of hydrogen-bond donors (Lipinski definition) is 2. The van der Waals surface area contributed by atoms with Gasteiger partial charge in [-0.05, 0) is 12.1 Å². The number of nitrogens with zero attached hydrogens (tertiary/aromatic N) is 3. The zero-order chi connectivity index (χ0) is 15.8. The topological polar surface area (TPSA) is 108 Å². The number of aromatic nitrogens is 3. The van der Waals surface area contributed by atoms with Crippen LogP contribution in [0.5, 0.6) is 5.75 Å². The first kappa shape index (κ1) is 15.5. The molecular formula is C14H16N4O4. The van der Waals surface area contributed by atoms with Crippen molar-refractivity contribution in [2.24, 2.45) is 0 Å². The molecule has 116 valence electrons. The molecule has 0 aliphatic rings. The van der Waals surface area contributed by atoms with Crippen LogP contribution in [0.2, 0.25) is 0 Å². The van der Waals surface area contributed by atoms with Gasteiger partial charge in [0.15, 0.2) is 0 Å². The Balaban J connectivity index is 1.89. The Labute approximate surface area is 126 Å². The van der Waals surface area contributed by atoms with Gasteiger partial charge in [-0.2, -0.15) is 10.1 Å². The van der Waals surface area contributed by atoms with E-state index in [0.29, 0.717) is 5.75 Å². The summed E-state index contributed by atoms with van der Waals surface area (Å²) in [4.78, 5) is 28.0. The molecule has 2 aromatic rings. The summed E-state index contributed by atoms with van der Waals surface area (Å²) in [6.45, 7) is 0.218. The van der Waals surface area contributed by atoms with Crippen molar-refractivity contribution in [3.8, 4) is 5.75 Å². The molecule has 1 aromatic carbocycles. The number of H-pyrrole nitrogens is 1. The molecule has 8 heteroatoms. The lowest BCUT2D eigenvalue weighted by atomic mass is 10.3. The number of benzene rings is 1. The highest BCUT2D eigenvalue weighted by Gasteiger charge is 2.19. The van der Waals surface area contributed by atoms with Crippen LogP contribution in [0, 0.1) is 0 Å². The average molecular weight is 304 g/mol. The molecule has 1 heterocycles. The number of nitrogens with one attached hydrogen (secondary N) is 1. The van der Waals surface area contributed by atoms with Gasteiger partial charge >= 0.3 is 5.97 Å². The lowest BCUT2D eigenvalue weighted by molar-refractivity contribution is -0.136. The normalized spacial score (nSPS) is 10.2. The fraction of sp³-hybridized carbons (Fsp3) is 0.286. The second kappa shape index (κ2) is 7.77. The summed E-state index contributed by atoms with van der Waals surface area (Å²) in [6.07, 6.45) is 1.19. The van der Waals surface area contributed by atoms with Crippen molar-refractivity contribution in [2.75, 3.05) is 18.1 Å². The van der Waals surface area contributed by atoms with Gasteiger partial charge in [-0.1, -0.05) is 18.2 Å². The molecule has 8 nitrogen and oxygen atoms in total. The minimum Gasteiger partial charge on any atom is -0.493 e. The number of ether oxygens (including phenoxy) is 1. The molecule has 0 bridgehead atoms. The third-order valence-electron chi connectivity index (χ3n) is 2.84. The van der Waals surface area contributed by atoms with E-state index in [4.69, 9.17) is 9.84 Å². The van der Waals surface area contributed by atoms with Crippen molar-refractivity contribution < 1.29 is 19.4 Å². The molecule has 2 rings (SSSR count). The summed E-state index contributed by atoms with van der Waals surface area (Å²) >= 11 is 0. The summed E-state index contributed by atoms with van der Waals surface area (Å²) in [5.41, 5.74) is 0. The van der Waals surface area contributed by atoms with Crippen molar-refractivity contribution in [3.63, 3.8) is 0 Å². The Morgan fingerprint density at radius 3 is 2.64 bits per heavy atom. The lowest BCUT2D eigenvalue weighted by Gasteiger charge is -2.18. The molecule has 0 saturated heterocycles. The average Bonchev–Trinajstić information content (AvgIpc) is 3.02. The zero-order valence-corrected chi connectivity index (χ0v) is 11.8. The number of aliphatic carboxylic acids is 1. The lowest BCUT2D eigenvalue weighted by Crippen LogP contribution is -2.34. The van der Waals surface area contributed by atoms with Crippen LogP contribution in [0.4, 0.5) is 5.95 Å². The highest BCUT2D eigenvalue weighted by Crippen LogP contribution is 2.11. The Morgan fingerprint density at radius 1 is 1.23 bits per heavy atom. The molecule has 0 saturated carbocycles. The minimum absolute atomic E-state index is 0.0225. The van der Waals surface area contributed by atoms with Gasteiger partial charge in [0.2, 0.25) is 11.9 Å². The number of rotatable bonds is 8. The molecule has 22 heavy (non-hydrogen) atoms. The van der Waals surface area contributed by atoms with Crippen LogP contribution < -0.4 is 9.64 Å². The maximum atomic E-state index is 12.2. The molecule has 0 fully saturated rings. The largest absolute Gasteiger partial charge is 0.493 e. The maximum Gasteiger partial charge on any atom is 0.305 e. The zero-order valence-electron chi connectivity index (χ0n) is 11.8. The minimum atomic E-state index is -0.988. The van der Waals surface area contributed by atoms with E-state index in [1.165, 1.54) is 11.2 Å². The first-order valence-corrected chi connectivity index (χ1v) is 6.72. The standard InChI is InChI=1S/C14H16N4O4/c19-12(7-9-22-11-4-2-1-3-5-11)18(8-6-13(20)21)14-15-10-16-17-14/h1-5,10H,6-9H2,(H,20,21)(H,15,16,17). The molecule has 1 aromatic heterocycles. The summed E-state index contributed by atoms with van der Waals surface area (Å²) in [5, 5.41) is 15.0. The number of carboxylic acid groups (broad SMARTS) is 1. The van der Waals surface area contributed by atoms with Crippen LogP contribution in [-0.4, -0.2) is 45.3 Å². The van der Waals surface area contributed by atoms with Crippen molar-refractivity contribution in [3.05, 3.63) is 36.7 Å². The number of hydrogen-bond acceptors (Lipinski definition) is 5. The van der Waals surface area contributed by atoms with E-state index in [-0.39, 0.29) is 37.8 Å². The number of aromatic amines is 1. The first-order valence-electron chi connectivity index (χ1n) is 6.72. The van der Waals surface area contributed by atoms with Gasteiger partial charge < -0.3 is 9.84 Å². The smallest absolute Gasteiger partial charge is 0.305 e. The van der Waals surface area contributed by atoms with Gasteiger partial charge in [0, 0.05) is 6.54 Å². The van der Waals surface area contributed by atoms with Crippen molar-refractivity contribution in [1.29, 1.82) is 0 Å². The van der Waals surface area contributed by atoms with E-state index < -0.39 is 5.97 Å². The Hall–Kier alpha value is -2.90. The number of amides is 1. The van der Waals surface area contributed by atoms with Crippen molar-refractivity contribution in [2.45, 2.75) is 12.8 Å². The van der Waals surface area contributed by atoms with Crippen LogP contribution in [0.1, 0.15) is 12.8 Å². The van der Waals surface area contributed by atoms with Crippen LogP contribution in [-0.2, 0) is 9.59 Å². The first-order chi connectivity index (χ1) is 10.7. The van der Waals surface area contributed by atoms with Crippen LogP contribution in [0.25, 0.3) is 0 Å². The number of para-hydroxylation sites is 1. The molecule has 0 radical (unpaired) electrons. The quantitative estimate of drug-likeness (QED) is 0.755. The molecule has 0 aliphatic carbocycles. The highest BCUT2D eigenvalue weighted by atomic mass is 16.5. The third kappa shape index (κ3) is 4.58. The SMILES string of the molecule is O=C(O)CCN(C(=O)CCOc1ccccc1)c1ncn[nH]1. The molecule has 0 atom stereocenters. The Kier molecular flexibility index (Phi) is 5.47. The van der Waals surface area contributed by atoms with Crippen LogP contribution in [0.3, 0.4) is 0 Å². The van der Waals surface area contributed by atoms with E-state index >= 15 is 0 Å². The van der Waals surface area contributed by atoms with Gasteiger partial charge in [-0.25, -0.2) is 5.10 Å². The summed E-state index contributed by atoms with van der Waals surface area (Å²) in [6, 6.07) is 9.14. The number of anilines is 1. The summed E-state index contributed by atoms with van der Waals surface area (Å²) in [5.74, 6) is -0.371. The highest BCUT2D eigenvalue weighted by molar-refractivity contribution is 5.92. The van der Waals surface area contributed by atoms with Gasteiger partial charge in [0.1, 0.15) is 12.1 Å². The maximum absolute atomic E-state index is 12.2. The molecular weight excluding hydrogens is 288 g/mol. The molecule has 1 amide bonds. The van der Waals surface area contributed by atoms with Gasteiger partial charge in [-0.15, -0.1) is 0 Å². The third-order valence-corrected chi connectivity index (χ3v) is 2.84. The molecule has 2 N–H and O–H groups in total. The van der Waals surface area contributed by atoms with Gasteiger partial charge in [0.25, 0.3) is 0 Å². The van der Waals surface area contributed by atoms with Crippen LogP contribution in [0.15, 0.2) is 36.7 Å². The van der Waals surface area contributed by atoms with Gasteiger partial charge in [0.05, 0.1) is 19.4 Å². The number of carboxylic acids is 1. The van der Waals surface area contributed by atoms with E-state index in [0.717, 1.165) is 0 Å². The molecule has 0 spiro atoms. The number of carbonyl (C=O) groups excluding carboxylic acids is 1. The Morgan fingerprint density at radius 2 is 2.00 bits per heavy atom. The fourth-order valence-electron chi connectivity index (χ4n) is 1.79. The van der Waals surface area contributed by atoms with Gasteiger partial charge in [-0.3, -0.25) is 14.5 Å².